The van der Waals surface area contributed by atoms with Crippen molar-refractivity contribution < 1.29 is 4.79 Å². The smallest absolute Gasteiger partial charge is 0.219 e. The minimum absolute atomic E-state index is 0.100. The van der Waals surface area contributed by atoms with Crippen LogP contribution < -0.4 is 5.32 Å². The second-order valence-electron chi connectivity index (χ2n) is 5.87. The number of nitrogens with one attached hydrogen (secondary N) is 2. The van der Waals surface area contributed by atoms with Gasteiger partial charge in [-0.1, -0.05) is 0 Å². The van der Waals surface area contributed by atoms with Gasteiger partial charge in [-0.25, -0.2) is 0 Å². The Labute approximate surface area is 133 Å². The Morgan fingerprint density at radius 2 is 2.26 bits per heavy atom. The predicted octanol–water partition coefficient (Wildman–Crippen LogP) is 1.94. The quantitative estimate of drug-likeness (QED) is 0.758. The number of nitrogens with zero attached hydrogens (tertiary/aromatic N) is 4. The van der Waals surface area contributed by atoms with Crippen molar-refractivity contribution in [1.82, 2.24) is 24.9 Å². The van der Waals surface area contributed by atoms with Gasteiger partial charge in [0.05, 0.1) is 12.1 Å². The van der Waals surface area contributed by atoms with Crippen molar-refractivity contribution >= 4 is 28.3 Å². The minimum atomic E-state index is 0.100. The number of hydrogen-bond acceptors (Lipinski definition) is 4. The van der Waals surface area contributed by atoms with E-state index in [0.717, 1.165) is 40.9 Å². The summed E-state index contributed by atoms with van der Waals surface area (Å²) in [4.78, 5) is 13.5. The molecule has 0 saturated carbocycles. The predicted molar refractivity (Wildman–Crippen MR) is 87.4 cm³/mol. The maximum atomic E-state index is 11.7. The first-order valence-electron chi connectivity index (χ1n) is 7.62. The first-order chi connectivity index (χ1) is 11.1. The number of aryl methyl sites for hydroxylation is 1. The summed E-state index contributed by atoms with van der Waals surface area (Å²) in [6, 6.07) is 6.00. The zero-order valence-corrected chi connectivity index (χ0v) is 13.1. The second-order valence-corrected chi connectivity index (χ2v) is 5.87. The van der Waals surface area contributed by atoms with Crippen LogP contribution in [0.4, 0.5) is 11.5 Å². The number of H-pyrrole nitrogens is 1. The SMILES string of the molecule is CC(=O)N1CCc2c(c(Nc3ccc4c[nH]nc4c3)nn2C)C1. The van der Waals surface area contributed by atoms with E-state index in [1.165, 1.54) is 5.69 Å². The molecule has 2 N–H and O–H groups in total. The monoisotopic (exact) mass is 310 g/mol. The van der Waals surface area contributed by atoms with Crippen LogP contribution in [0.1, 0.15) is 18.2 Å². The van der Waals surface area contributed by atoms with Gasteiger partial charge in [0, 0.05) is 55.5 Å². The van der Waals surface area contributed by atoms with Crippen LogP contribution in [0, 0.1) is 0 Å². The highest BCUT2D eigenvalue weighted by molar-refractivity contribution is 5.82. The Morgan fingerprint density at radius 1 is 1.39 bits per heavy atom. The molecule has 0 saturated heterocycles. The van der Waals surface area contributed by atoms with Gasteiger partial charge in [0.2, 0.25) is 5.91 Å². The Hall–Kier alpha value is -2.83. The van der Waals surface area contributed by atoms with Crippen molar-refractivity contribution in [2.24, 2.45) is 7.05 Å². The van der Waals surface area contributed by atoms with E-state index in [1.807, 2.05) is 41.0 Å². The third kappa shape index (κ3) is 2.34. The Bertz CT molecular complexity index is 893. The molecule has 1 aliphatic rings. The molecule has 7 heteroatoms. The summed E-state index contributed by atoms with van der Waals surface area (Å²) in [5.41, 5.74) is 4.12. The first kappa shape index (κ1) is 13.8. The fourth-order valence-electron chi connectivity index (χ4n) is 3.11. The molecule has 2 aromatic heterocycles. The van der Waals surface area contributed by atoms with Gasteiger partial charge >= 0.3 is 0 Å². The van der Waals surface area contributed by atoms with Gasteiger partial charge in [0.25, 0.3) is 0 Å². The standard InChI is InChI=1S/C16H18N6O/c1-10(23)22-6-5-15-13(9-22)16(20-21(15)2)18-12-4-3-11-8-17-19-14(11)7-12/h3-4,7-8H,5-6,9H2,1-2H3,(H,17,19)(H,18,20). The molecule has 3 heterocycles. The lowest BCUT2D eigenvalue weighted by Crippen LogP contribution is -2.34. The molecular formula is C16H18N6O. The second kappa shape index (κ2) is 5.12. The normalized spacial score (nSPS) is 14.1. The minimum Gasteiger partial charge on any atom is -0.338 e. The van der Waals surface area contributed by atoms with Gasteiger partial charge in [-0.05, 0) is 18.2 Å². The molecule has 0 atom stereocenters. The summed E-state index contributed by atoms with van der Waals surface area (Å²) in [7, 11) is 1.95. The number of carbonyl (C=O) groups is 1. The van der Waals surface area contributed by atoms with Crippen molar-refractivity contribution in [2.45, 2.75) is 19.9 Å². The van der Waals surface area contributed by atoms with Gasteiger partial charge in [-0.3, -0.25) is 14.6 Å². The van der Waals surface area contributed by atoms with E-state index in [0.29, 0.717) is 6.54 Å². The first-order valence-corrected chi connectivity index (χ1v) is 7.62. The summed E-state index contributed by atoms with van der Waals surface area (Å²) in [5, 5.41) is 16.1. The zero-order valence-electron chi connectivity index (χ0n) is 13.1. The summed E-state index contributed by atoms with van der Waals surface area (Å²) < 4.78 is 1.90. The van der Waals surface area contributed by atoms with Gasteiger partial charge in [0.15, 0.2) is 5.82 Å². The van der Waals surface area contributed by atoms with Crippen LogP contribution in [-0.2, 0) is 24.8 Å². The maximum absolute atomic E-state index is 11.7. The fraction of sp³-hybridized carbons (Fsp3) is 0.312. The average molecular weight is 310 g/mol. The fourth-order valence-corrected chi connectivity index (χ4v) is 3.11. The van der Waals surface area contributed by atoms with Crippen LogP contribution >= 0.6 is 0 Å². The highest BCUT2D eigenvalue weighted by atomic mass is 16.2. The van der Waals surface area contributed by atoms with Crippen molar-refractivity contribution in [2.75, 3.05) is 11.9 Å². The molecule has 3 aromatic rings. The molecule has 1 aromatic carbocycles. The zero-order chi connectivity index (χ0) is 16.0. The van der Waals surface area contributed by atoms with Crippen LogP contribution in [0.2, 0.25) is 0 Å². The molecule has 4 rings (SSSR count). The number of carbonyl (C=O) groups excluding carboxylic acids is 1. The van der Waals surface area contributed by atoms with Crippen LogP contribution in [-0.4, -0.2) is 37.3 Å². The van der Waals surface area contributed by atoms with E-state index in [-0.39, 0.29) is 5.91 Å². The maximum Gasteiger partial charge on any atom is 0.219 e. The van der Waals surface area contributed by atoms with Gasteiger partial charge < -0.3 is 10.2 Å². The topological polar surface area (TPSA) is 78.8 Å². The molecule has 0 fully saturated rings. The van der Waals surface area contributed by atoms with E-state index < -0.39 is 0 Å². The average Bonchev–Trinajstić information content (AvgIpc) is 3.12. The van der Waals surface area contributed by atoms with Gasteiger partial charge in [-0.15, -0.1) is 0 Å². The van der Waals surface area contributed by atoms with Gasteiger partial charge in [0.1, 0.15) is 0 Å². The third-order valence-electron chi connectivity index (χ3n) is 4.39. The number of benzene rings is 1. The molecular weight excluding hydrogens is 292 g/mol. The lowest BCUT2D eigenvalue weighted by molar-refractivity contribution is -0.129. The molecule has 0 bridgehead atoms. The van der Waals surface area contributed by atoms with E-state index >= 15 is 0 Å². The van der Waals surface area contributed by atoms with Crippen molar-refractivity contribution in [3.8, 4) is 0 Å². The number of aromatic nitrogens is 4. The molecule has 0 spiro atoms. The summed E-state index contributed by atoms with van der Waals surface area (Å²) in [6.07, 6.45) is 2.70. The largest absolute Gasteiger partial charge is 0.338 e. The van der Waals surface area contributed by atoms with Crippen molar-refractivity contribution in [3.05, 3.63) is 35.7 Å². The summed E-state index contributed by atoms with van der Waals surface area (Å²) in [6.45, 7) is 2.96. The van der Waals surface area contributed by atoms with E-state index in [9.17, 15) is 4.79 Å². The lowest BCUT2D eigenvalue weighted by Gasteiger charge is -2.26. The molecule has 0 unspecified atom stereocenters. The number of anilines is 2. The van der Waals surface area contributed by atoms with Crippen LogP contribution in [0.5, 0.6) is 0 Å². The number of aromatic amines is 1. The Kier molecular flexibility index (Phi) is 3.07. The van der Waals surface area contributed by atoms with Crippen LogP contribution in [0.15, 0.2) is 24.4 Å². The number of amides is 1. The highest BCUT2D eigenvalue weighted by Gasteiger charge is 2.25. The third-order valence-corrected chi connectivity index (χ3v) is 4.39. The molecule has 7 nitrogen and oxygen atoms in total. The summed E-state index contributed by atoms with van der Waals surface area (Å²) >= 11 is 0. The number of rotatable bonds is 2. The molecule has 1 amide bonds. The molecule has 0 aliphatic carbocycles. The number of fused-ring (bicyclic) bond motifs is 2. The highest BCUT2D eigenvalue weighted by Crippen LogP contribution is 2.28. The van der Waals surface area contributed by atoms with Gasteiger partial charge in [-0.2, -0.15) is 10.2 Å². The van der Waals surface area contributed by atoms with E-state index in [2.05, 4.69) is 20.6 Å². The Balaban J connectivity index is 1.68. The molecule has 118 valence electrons. The summed E-state index contributed by atoms with van der Waals surface area (Å²) in [5.74, 6) is 0.909. The van der Waals surface area contributed by atoms with Crippen LogP contribution in [0.3, 0.4) is 0 Å². The van der Waals surface area contributed by atoms with Crippen molar-refractivity contribution in [3.63, 3.8) is 0 Å². The van der Waals surface area contributed by atoms with Crippen molar-refractivity contribution in [1.29, 1.82) is 0 Å². The van der Waals surface area contributed by atoms with E-state index in [1.54, 1.807) is 6.92 Å². The van der Waals surface area contributed by atoms with E-state index in [4.69, 9.17) is 0 Å². The molecule has 1 aliphatic heterocycles. The van der Waals surface area contributed by atoms with Crippen LogP contribution in [0.25, 0.3) is 10.9 Å². The number of hydrogen-bond donors (Lipinski definition) is 2. The molecule has 0 radical (unpaired) electrons. The Morgan fingerprint density at radius 3 is 3.09 bits per heavy atom. The lowest BCUT2D eigenvalue weighted by atomic mass is 10.1. The molecule has 23 heavy (non-hydrogen) atoms.